The second kappa shape index (κ2) is 6.39. The Labute approximate surface area is 129 Å². The van der Waals surface area contributed by atoms with E-state index in [1.807, 2.05) is 6.20 Å². The zero-order chi connectivity index (χ0) is 15.4. The van der Waals surface area contributed by atoms with Gasteiger partial charge in [-0.25, -0.2) is 4.39 Å². The number of aromatic nitrogens is 1. The average Bonchev–Trinajstić information content (AvgIpc) is 2.55. The van der Waals surface area contributed by atoms with Gasteiger partial charge in [0.05, 0.1) is 0 Å². The smallest absolute Gasteiger partial charge is 0.123 e. The summed E-state index contributed by atoms with van der Waals surface area (Å²) in [5.74, 6) is 0.373. The highest BCUT2D eigenvalue weighted by molar-refractivity contribution is 5.63. The lowest BCUT2D eigenvalue weighted by Crippen LogP contribution is -1.96. The Kier molecular flexibility index (Phi) is 4.15. The maximum atomic E-state index is 12.9. The van der Waals surface area contributed by atoms with Crippen LogP contribution in [0.5, 0.6) is 5.75 Å². The molecule has 0 bridgehead atoms. The molecule has 0 aliphatic heterocycles. The molecule has 0 amide bonds. The van der Waals surface area contributed by atoms with E-state index in [1.54, 1.807) is 18.3 Å². The fraction of sp³-hybridized carbons (Fsp3) is 0.105. The van der Waals surface area contributed by atoms with Gasteiger partial charge in [-0.2, -0.15) is 0 Å². The number of benzene rings is 2. The Bertz CT molecular complexity index is 751. The minimum absolute atomic E-state index is 0.268. The number of hydrogen-bond donors (Lipinski definition) is 0. The molecule has 0 aliphatic carbocycles. The van der Waals surface area contributed by atoms with Crippen LogP contribution in [0.1, 0.15) is 11.1 Å². The third-order valence-electron chi connectivity index (χ3n) is 3.40. The quantitative estimate of drug-likeness (QED) is 0.691. The van der Waals surface area contributed by atoms with Crippen molar-refractivity contribution in [2.45, 2.75) is 13.5 Å². The van der Waals surface area contributed by atoms with Crippen molar-refractivity contribution in [1.29, 1.82) is 0 Å². The summed E-state index contributed by atoms with van der Waals surface area (Å²) in [6.45, 7) is 2.47. The molecule has 0 N–H and O–H groups in total. The lowest BCUT2D eigenvalue weighted by molar-refractivity contribution is 0.305. The molecule has 0 spiro atoms. The van der Waals surface area contributed by atoms with E-state index in [0.29, 0.717) is 12.4 Å². The van der Waals surface area contributed by atoms with Crippen molar-refractivity contribution in [3.05, 3.63) is 83.9 Å². The summed E-state index contributed by atoms with van der Waals surface area (Å²) in [5, 5.41) is 0. The third kappa shape index (κ3) is 3.50. The summed E-state index contributed by atoms with van der Waals surface area (Å²) < 4.78 is 18.5. The summed E-state index contributed by atoms with van der Waals surface area (Å²) >= 11 is 0. The van der Waals surface area contributed by atoms with Crippen LogP contribution in [0.4, 0.5) is 4.39 Å². The van der Waals surface area contributed by atoms with Crippen molar-refractivity contribution in [2.75, 3.05) is 0 Å². The lowest BCUT2D eigenvalue weighted by Gasteiger charge is -2.08. The SMILES string of the molecule is Cc1ccc(-c2cncc(COc3ccc(F)cc3)c2)cc1. The zero-order valence-corrected chi connectivity index (χ0v) is 12.3. The number of pyridine rings is 1. The molecule has 3 rings (SSSR count). The van der Waals surface area contributed by atoms with Crippen LogP contribution >= 0.6 is 0 Å². The zero-order valence-electron chi connectivity index (χ0n) is 12.3. The van der Waals surface area contributed by atoms with Crippen LogP contribution in [0.15, 0.2) is 67.0 Å². The Balaban J connectivity index is 1.73. The molecule has 1 aromatic heterocycles. The first-order valence-electron chi connectivity index (χ1n) is 7.10. The van der Waals surface area contributed by atoms with Crippen LogP contribution in [0.3, 0.4) is 0 Å². The maximum absolute atomic E-state index is 12.9. The molecule has 2 nitrogen and oxygen atoms in total. The molecule has 0 saturated heterocycles. The van der Waals surface area contributed by atoms with E-state index >= 15 is 0 Å². The molecule has 0 radical (unpaired) electrons. The number of ether oxygens (including phenoxy) is 1. The van der Waals surface area contributed by atoms with Crippen LogP contribution in [0.25, 0.3) is 11.1 Å². The van der Waals surface area contributed by atoms with Gasteiger partial charge in [0, 0.05) is 23.5 Å². The molecule has 0 aliphatic rings. The van der Waals surface area contributed by atoms with Crippen molar-refractivity contribution in [3.8, 4) is 16.9 Å². The molecule has 3 heteroatoms. The molecule has 1 heterocycles. The molecule has 22 heavy (non-hydrogen) atoms. The van der Waals surface area contributed by atoms with Crippen molar-refractivity contribution in [2.24, 2.45) is 0 Å². The second-order valence-corrected chi connectivity index (χ2v) is 5.19. The summed E-state index contributed by atoms with van der Waals surface area (Å²) in [7, 11) is 0. The first-order chi connectivity index (χ1) is 10.7. The predicted octanol–water partition coefficient (Wildman–Crippen LogP) is 4.78. The van der Waals surface area contributed by atoms with Gasteiger partial charge in [0.2, 0.25) is 0 Å². The normalized spacial score (nSPS) is 10.5. The van der Waals surface area contributed by atoms with Crippen LogP contribution in [-0.4, -0.2) is 4.98 Å². The van der Waals surface area contributed by atoms with E-state index in [4.69, 9.17) is 4.74 Å². The number of aryl methyl sites for hydroxylation is 1. The summed E-state index contributed by atoms with van der Waals surface area (Å²) in [6.07, 6.45) is 3.62. The van der Waals surface area contributed by atoms with Gasteiger partial charge < -0.3 is 4.74 Å². The van der Waals surface area contributed by atoms with E-state index in [2.05, 4.69) is 42.2 Å². The topological polar surface area (TPSA) is 22.1 Å². The number of rotatable bonds is 4. The Hall–Kier alpha value is -2.68. The van der Waals surface area contributed by atoms with Gasteiger partial charge in [0.1, 0.15) is 18.2 Å². The Morgan fingerprint density at radius 1 is 0.909 bits per heavy atom. The van der Waals surface area contributed by atoms with Gasteiger partial charge in [-0.05, 0) is 42.8 Å². The molecule has 0 atom stereocenters. The van der Waals surface area contributed by atoms with Crippen molar-refractivity contribution in [1.82, 2.24) is 4.98 Å². The fourth-order valence-electron chi connectivity index (χ4n) is 2.17. The summed E-state index contributed by atoms with van der Waals surface area (Å²) in [5.41, 5.74) is 4.39. The minimum Gasteiger partial charge on any atom is -0.489 e. The monoisotopic (exact) mass is 293 g/mol. The van der Waals surface area contributed by atoms with E-state index in [9.17, 15) is 4.39 Å². The van der Waals surface area contributed by atoms with E-state index in [-0.39, 0.29) is 5.82 Å². The molecule has 2 aromatic carbocycles. The van der Waals surface area contributed by atoms with Gasteiger partial charge in [-0.3, -0.25) is 4.98 Å². The fourth-order valence-corrected chi connectivity index (χ4v) is 2.17. The minimum atomic E-state index is -0.268. The highest BCUT2D eigenvalue weighted by atomic mass is 19.1. The first-order valence-corrected chi connectivity index (χ1v) is 7.10. The molecule has 0 fully saturated rings. The van der Waals surface area contributed by atoms with Crippen LogP contribution in [-0.2, 0) is 6.61 Å². The molecule has 3 aromatic rings. The summed E-state index contributed by atoms with van der Waals surface area (Å²) in [6, 6.07) is 16.4. The van der Waals surface area contributed by atoms with Crippen LogP contribution in [0, 0.1) is 12.7 Å². The summed E-state index contributed by atoms with van der Waals surface area (Å²) in [4.78, 5) is 4.27. The molecular formula is C19H16FNO. The standard InChI is InChI=1S/C19H16FNO/c1-14-2-4-16(5-3-14)17-10-15(11-21-12-17)13-22-19-8-6-18(20)7-9-19/h2-12H,13H2,1H3. The van der Waals surface area contributed by atoms with E-state index in [0.717, 1.165) is 16.7 Å². The maximum Gasteiger partial charge on any atom is 0.123 e. The Morgan fingerprint density at radius 3 is 2.36 bits per heavy atom. The van der Waals surface area contributed by atoms with E-state index < -0.39 is 0 Å². The lowest BCUT2D eigenvalue weighted by atomic mass is 10.0. The van der Waals surface area contributed by atoms with Gasteiger partial charge in [0.25, 0.3) is 0 Å². The first kappa shape index (κ1) is 14.3. The van der Waals surface area contributed by atoms with Crippen LogP contribution in [0.2, 0.25) is 0 Å². The van der Waals surface area contributed by atoms with Gasteiger partial charge in [-0.1, -0.05) is 29.8 Å². The van der Waals surface area contributed by atoms with Gasteiger partial charge >= 0.3 is 0 Å². The second-order valence-electron chi connectivity index (χ2n) is 5.19. The highest BCUT2D eigenvalue weighted by Crippen LogP contribution is 2.21. The van der Waals surface area contributed by atoms with Crippen molar-refractivity contribution < 1.29 is 9.13 Å². The van der Waals surface area contributed by atoms with Gasteiger partial charge in [-0.15, -0.1) is 0 Å². The Morgan fingerprint density at radius 2 is 1.64 bits per heavy atom. The van der Waals surface area contributed by atoms with Crippen molar-refractivity contribution in [3.63, 3.8) is 0 Å². The van der Waals surface area contributed by atoms with Gasteiger partial charge in [0.15, 0.2) is 0 Å². The van der Waals surface area contributed by atoms with E-state index in [1.165, 1.54) is 17.7 Å². The number of hydrogen-bond acceptors (Lipinski definition) is 2. The van der Waals surface area contributed by atoms with Crippen molar-refractivity contribution >= 4 is 0 Å². The number of nitrogens with zero attached hydrogens (tertiary/aromatic N) is 1. The average molecular weight is 293 g/mol. The molecule has 110 valence electrons. The number of halogens is 1. The highest BCUT2D eigenvalue weighted by Gasteiger charge is 2.02. The third-order valence-corrected chi connectivity index (χ3v) is 3.40. The predicted molar refractivity (Wildman–Crippen MR) is 85.1 cm³/mol. The van der Waals surface area contributed by atoms with Crippen LogP contribution < -0.4 is 4.74 Å². The molecular weight excluding hydrogens is 277 g/mol. The molecule has 0 unspecified atom stereocenters. The molecule has 0 saturated carbocycles. The largest absolute Gasteiger partial charge is 0.489 e.